The number of carbonyl (C=O) groups is 2. The standard InChI is InChI=1S/C25H28FN5O3/c1-30-22(15-21(29-30)18-7-9-19(26)10-8-18)24(32)27-16-17-11-13-31(14-12-17)25(33)28-20-5-3-4-6-23(20)34-2/h3-10,15,17H,11-14,16H2,1-2H3,(H,27,32)(H,28,33). The van der Waals surface area contributed by atoms with E-state index < -0.39 is 0 Å². The van der Waals surface area contributed by atoms with Crippen molar-refractivity contribution in [1.82, 2.24) is 20.0 Å². The van der Waals surface area contributed by atoms with Gasteiger partial charge in [0.25, 0.3) is 5.91 Å². The number of ether oxygens (including phenoxy) is 1. The van der Waals surface area contributed by atoms with Gasteiger partial charge in [0.2, 0.25) is 0 Å². The van der Waals surface area contributed by atoms with E-state index in [1.54, 1.807) is 49.4 Å². The van der Waals surface area contributed by atoms with Crippen molar-refractivity contribution in [3.05, 3.63) is 66.1 Å². The van der Waals surface area contributed by atoms with Gasteiger partial charge < -0.3 is 20.3 Å². The fourth-order valence-electron chi connectivity index (χ4n) is 4.05. The lowest BCUT2D eigenvalue weighted by atomic mass is 9.97. The van der Waals surface area contributed by atoms with Gasteiger partial charge >= 0.3 is 6.03 Å². The zero-order valence-corrected chi connectivity index (χ0v) is 19.3. The molecule has 0 unspecified atom stereocenters. The van der Waals surface area contributed by atoms with E-state index in [0.29, 0.717) is 42.5 Å². The van der Waals surface area contributed by atoms with Gasteiger partial charge in [0.15, 0.2) is 0 Å². The minimum atomic E-state index is -0.319. The van der Waals surface area contributed by atoms with Gasteiger partial charge in [0, 0.05) is 32.2 Å². The maximum absolute atomic E-state index is 13.2. The third kappa shape index (κ3) is 5.36. The van der Waals surface area contributed by atoms with Crippen LogP contribution >= 0.6 is 0 Å². The summed E-state index contributed by atoms with van der Waals surface area (Å²) in [5.41, 5.74) is 2.44. The minimum Gasteiger partial charge on any atom is -0.495 e. The van der Waals surface area contributed by atoms with E-state index in [0.717, 1.165) is 18.4 Å². The molecule has 34 heavy (non-hydrogen) atoms. The number of para-hydroxylation sites is 2. The Balaban J connectivity index is 1.27. The smallest absolute Gasteiger partial charge is 0.321 e. The van der Waals surface area contributed by atoms with E-state index in [-0.39, 0.29) is 23.7 Å². The lowest BCUT2D eigenvalue weighted by Gasteiger charge is -2.32. The molecule has 9 heteroatoms. The zero-order valence-electron chi connectivity index (χ0n) is 19.3. The molecule has 0 atom stereocenters. The van der Waals surface area contributed by atoms with Crippen molar-refractivity contribution in [2.75, 3.05) is 32.1 Å². The first-order valence-corrected chi connectivity index (χ1v) is 11.2. The molecule has 1 aromatic heterocycles. The molecule has 0 saturated carbocycles. The van der Waals surface area contributed by atoms with Crippen molar-refractivity contribution < 1.29 is 18.7 Å². The maximum Gasteiger partial charge on any atom is 0.321 e. The Labute approximate surface area is 197 Å². The molecule has 1 saturated heterocycles. The van der Waals surface area contributed by atoms with Crippen molar-refractivity contribution in [2.45, 2.75) is 12.8 Å². The predicted octanol–water partition coefficient (Wildman–Crippen LogP) is 3.91. The predicted molar refractivity (Wildman–Crippen MR) is 127 cm³/mol. The Morgan fingerprint density at radius 3 is 2.53 bits per heavy atom. The van der Waals surface area contributed by atoms with Gasteiger partial charge in [-0.2, -0.15) is 5.10 Å². The normalized spacial score (nSPS) is 14.0. The van der Waals surface area contributed by atoms with Crippen LogP contribution in [0.3, 0.4) is 0 Å². The summed E-state index contributed by atoms with van der Waals surface area (Å²) >= 11 is 0. The molecule has 0 bridgehead atoms. The molecule has 2 N–H and O–H groups in total. The van der Waals surface area contributed by atoms with Crippen molar-refractivity contribution in [2.24, 2.45) is 13.0 Å². The number of likely N-dealkylation sites (tertiary alicyclic amines) is 1. The summed E-state index contributed by atoms with van der Waals surface area (Å²) in [5.74, 6) is 0.371. The Kier molecular flexibility index (Phi) is 7.10. The summed E-state index contributed by atoms with van der Waals surface area (Å²) in [6.45, 7) is 1.75. The van der Waals surface area contributed by atoms with Gasteiger partial charge in [-0.25, -0.2) is 9.18 Å². The quantitative estimate of drug-likeness (QED) is 0.578. The van der Waals surface area contributed by atoms with Crippen LogP contribution in [-0.4, -0.2) is 53.4 Å². The highest BCUT2D eigenvalue weighted by atomic mass is 19.1. The molecule has 1 aliphatic rings. The number of aryl methyl sites for hydroxylation is 1. The van der Waals surface area contributed by atoms with Crippen LogP contribution in [0.25, 0.3) is 11.3 Å². The number of hydrogen-bond donors (Lipinski definition) is 2. The van der Waals surface area contributed by atoms with Gasteiger partial charge in [-0.1, -0.05) is 12.1 Å². The average molecular weight is 466 g/mol. The molecular weight excluding hydrogens is 437 g/mol. The van der Waals surface area contributed by atoms with Crippen LogP contribution in [-0.2, 0) is 7.05 Å². The summed E-state index contributed by atoms with van der Waals surface area (Å²) < 4.78 is 20.0. The number of rotatable bonds is 6. The molecule has 2 aromatic carbocycles. The number of hydrogen-bond acceptors (Lipinski definition) is 4. The largest absolute Gasteiger partial charge is 0.495 e. The van der Waals surface area contributed by atoms with E-state index in [1.165, 1.54) is 16.8 Å². The maximum atomic E-state index is 13.2. The van der Waals surface area contributed by atoms with E-state index in [1.807, 2.05) is 12.1 Å². The van der Waals surface area contributed by atoms with Gasteiger partial charge in [-0.05, 0) is 61.2 Å². The highest BCUT2D eigenvalue weighted by Crippen LogP contribution is 2.25. The Morgan fingerprint density at radius 1 is 1.12 bits per heavy atom. The van der Waals surface area contributed by atoms with Crippen LogP contribution < -0.4 is 15.4 Å². The Hall–Kier alpha value is -3.88. The number of piperidine rings is 1. The number of benzene rings is 2. The molecule has 0 spiro atoms. The first-order chi connectivity index (χ1) is 16.4. The van der Waals surface area contributed by atoms with E-state index >= 15 is 0 Å². The average Bonchev–Trinajstić information content (AvgIpc) is 3.25. The third-order valence-corrected chi connectivity index (χ3v) is 6.05. The zero-order chi connectivity index (χ0) is 24.1. The second-order valence-corrected chi connectivity index (χ2v) is 8.32. The van der Waals surface area contributed by atoms with Crippen molar-refractivity contribution >= 4 is 17.6 Å². The molecule has 1 fully saturated rings. The molecule has 178 valence electrons. The van der Waals surface area contributed by atoms with E-state index in [2.05, 4.69) is 15.7 Å². The monoisotopic (exact) mass is 465 g/mol. The van der Waals surface area contributed by atoms with E-state index in [9.17, 15) is 14.0 Å². The lowest BCUT2D eigenvalue weighted by molar-refractivity contribution is 0.0929. The number of anilines is 1. The molecule has 0 radical (unpaired) electrons. The summed E-state index contributed by atoms with van der Waals surface area (Å²) in [7, 11) is 3.28. The molecule has 4 rings (SSSR count). The number of nitrogens with one attached hydrogen (secondary N) is 2. The Bertz CT molecular complexity index is 1150. The molecule has 8 nitrogen and oxygen atoms in total. The first-order valence-electron chi connectivity index (χ1n) is 11.2. The van der Waals surface area contributed by atoms with E-state index in [4.69, 9.17) is 4.74 Å². The minimum absolute atomic E-state index is 0.157. The number of aromatic nitrogens is 2. The molecule has 3 amide bonds. The lowest BCUT2D eigenvalue weighted by Crippen LogP contribution is -2.43. The number of methoxy groups -OCH3 is 1. The van der Waals surface area contributed by atoms with Crippen molar-refractivity contribution in [3.8, 4) is 17.0 Å². The first kappa shape index (κ1) is 23.3. The highest BCUT2D eigenvalue weighted by Gasteiger charge is 2.24. The van der Waals surface area contributed by atoms with Gasteiger partial charge in [-0.15, -0.1) is 0 Å². The van der Waals surface area contributed by atoms with Gasteiger partial charge in [-0.3, -0.25) is 9.48 Å². The fraction of sp³-hybridized carbons (Fsp3) is 0.320. The topological polar surface area (TPSA) is 88.5 Å². The van der Waals surface area contributed by atoms with Crippen LogP contribution in [0.5, 0.6) is 5.75 Å². The van der Waals surface area contributed by atoms with Gasteiger partial charge in [0.1, 0.15) is 17.3 Å². The van der Waals surface area contributed by atoms with Gasteiger partial charge in [0.05, 0.1) is 18.5 Å². The molecule has 3 aromatic rings. The Morgan fingerprint density at radius 2 is 1.82 bits per heavy atom. The number of nitrogens with zero attached hydrogens (tertiary/aromatic N) is 3. The number of halogens is 1. The molecule has 1 aliphatic heterocycles. The second kappa shape index (κ2) is 10.4. The number of amides is 3. The number of urea groups is 1. The molecule has 0 aliphatic carbocycles. The van der Waals surface area contributed by atoms with Crippen LogP contribution in [0.15, 0.2) is 54.6 Å². The van der Waals surface area contributed by atoms with Crippen molar-refractivity contribution in [1.29, 1.82) is 0 Å². The number of carbonyl (C=O) groups excluding carboxylic acids is 2. The fourth-order valence-corrected chi connectivity index (χ4v) is 4.05. The highest BCUT2D eigenvalue weighted by molar-refractivity contribution is 5.93. The van der Waals surface area contributed by atoms with Crippen LogP contribution in [0.4, 0.5) is 14.9 Å². The summed E-state index contributed by atoms with van der Waals surface area (Å²) in [6, 6.07) is 14.9. The van der Waals surface area contributed by atoms with Crippen LogP contribution in [0, 0.1) is 11.7 Å². The van der Waals surface area contributed by atoms with Crippen LogP contribution in [0.1, 0.15) is 23.3 Å². The summed E-state index contributed by atoms with van der Waals surface area (Å²) in [5, 5.41) is 10.3. The summed E-state index contributed by atoms with van der Waals surface area (Å²) in [4.78, 5) is 27.1. The van der Waals surface area contributed by atoms with Crippen molar-refractivity contribution in [3.63, 3.8) is 0 Å². The third-order valence-electron chi connectivity index (χ3n) is 6.05. The second-order valence-electron chi connectivity index (χ2n) is 8.32. The SMILES string of the molecule is COc1ccccc1NC(=O)N1CCC(CNC(=O)c2cc(-c3ccc(F)cc3)nn2C)CC1. The molecular formula is C25H28FN5O3. The molecule has 2 heterocycles. The van der Waals surface area contributed by atoms with Crippen LogP contribution in [0.2, 0.25) is 0 Å². The summed E-state index contributed by atoms with van der Waals surface area (Å²) in [6.07, 6.45) is 1.59.